The Morgan fingerprint density at radius 1 is 1.35 bits per heavy atom. The largest absolute Gasteiger partial charge is 0.335 e. The van der Waals surface area contributed by atoms with Crippen LogP contribution in [0.15, 0.2) is 24.4 Å². The lowest BCUT2D eigenvalue weighted by atomic mass is 10.1. The molecule has 20 heavy (non-hydrogen) atoms. The molecule has 1 saturated heterocycles. The van der Waals surface area contributed by atoms with Crippen molar-refractivity contribution in [3.05, 3.63) is 30.1 Å². The number of aromatic nitrogens is 1. The van der Waals surface area contributed by atoms with Crippen molar-refractivity contribution in [3.63, 3.8) is 0 Å². The van der Waals surface area contributed by atoms with Gasteiger partial charge in [0, 0.05) is 45.0 Å². The molecule has 2 rings (SSSR count). The molecule has 1 aromatic rings. The smallest absolute Gasteiger partial charge is 0.272 e. The third-order valence-corrected chi connectivity index (χ3v) is 3.90. The lowest BCUT2D eigenvalue weighted by Gasteiger charge is -2.38. The van der Waals surface area contributed by atoms with Gasteiger partial charge in [-0.3, -0.25) is 14.7 Å². The molecule has 1 amide bonds. The highest BCUT2D eigenvalue weighted by Crippen LogP contribution is 2.12. The van der Waals surface area contributed by atoms with Crippen molar-refractivity contribution >= 4 is 5.91 Å². The summed E-state index contributed by atoms with van der Waals surface area (Å²) < 4.78 is 0. The molecule has 5 nitrogen and oxygen atoms in total. The van der Waals surface area contributed by atoms with Crippen molar-refractivity contribution in [2.75, 3.05) is 32.7 Å². The Bertz CT molecular complexity index is 415. The Labute approximate surface area is 120 Å². The van der Waals surface area contributed by atoms with Gasteiger partial charge in [-0.1, -0.05) is 19.4 Å². The van der Waals surface area contributed by atoms with Crippen LogP contribution in [-0.2, 0) is 0 Å². The number of rotatable bonds is 5. The van der Waals surface area contributed by atoms with Crippen LogP contribution in [0.1, 0.15) is 30.3 Å². The van der Waals surface area contributed by atoms with Gasteiger partial charge in [-0.05, 0) is 18.6 Å². The van der Waals surface area contributed by atoms with Crippen LogP contribution >= 0.6 is 0 Å². The van der Waals surface area contributed by atoms with E-state index in [-0.39, 0.29) is 5.91 Å². The average molecular weight is 276 g/mol. The van der Waals surface area contributed by atoms with Crippen LogP contribution in [0.4, 0.5) is 0 Å². The fourth-order valence-corrected chi connectivity index (χ4v) is 2.72. The van der Waals surface area contributed by atoms with Crippen LogP contribution in [0.5, 0.6) is 0 Å². The van der Waals surface area contributed by atoms with E-state index in [0.29, 0.717) is 18.3 Å². The Balaban J connectivity index is 1.89. The minimum Gasteiger partial charge on any atom is -0.335 e. The quantitative estimate of drug-likeness (QED) is 0.870. The second-order valence-corrected chi connectivity index (χ2v) is 5.22. The van der Waals surface area contributed by atoms with E-state index in [4.69, 9.17) is 5.73 Å². The summed E-state index contributed by atoms with van der Waals surface area (Å²) in [6, 6.07) is 5.90. The first-order valence-corrected chi connectivity index (χ1v) is 7.40. The molecule has 110 valence electrons. The lowest BCUT2D eigenvalue weighted by molar-refractivity contribution is 0.0561. The molecule has 1 atom stereocenters. The molecule has 2 N–H and O–H groups in total. The molecule has 1 aliphatic rings. The maximum Gasteiger partial charge on any atom is 0.272 e. The maximum absolute atomic E-state index is 12.3. The highest BCUT2D eigenvalue weighted by atomic mass is 16.2. The molecule has 1 aliphatic heterocycles. The molecule has 0 bridgehead atoms. The van der Waals surface area contributed by atoms with E-state index in [9.17, 15) is 4.79 Å². The zero-order chi connectivity index (χ0) is 14.4. The van der Waals surface area contributed by atoms with Crippen molar-refractivity contribution in [3.8, 4) is 0 Å². The minimum atomic E-state index is 0.0324. The van der Waals surface area contributed by atoms with Crippen molar-refractivity contribution in [1.29, 1.82) is 0 Å². The van der Waals surface area contributed by atoms with Crippen LogP contribution in [0.3, 0.4) is 0 Å². The molecule has 1 aromatic heterocycles. The number of hydrogen-bond acceptors (Lipinski definition) is 4. The van der Waals surface area contributed by atoms with Crippen molar-refractivity contribution in [1.82, 2.24) is 14.8 Å². The number of pyridine rings is 1. The standard InChI is InChI=1S/C15H24N4O/c1-2-5-13(12-16)18-8-10-19(11-9-18)15(20)14-6-3-4-7-17-14/h3-4,6-7,13H,2,5,8-12,16H2,1H3. The van der Waals surface area contributed by atoms with Crippen LogP contribution < -0.4 is 5.73 Å². The van der Waals surface area contributed by atoms with E-state index in [0.717, 1.165) is 39.0 Å². The van der Waals surface area contributed by atoms with Gasteiger partial charge < -0.3 is 10.6 Å². The van der Waals surface area contributed by atoms with Crippen LogP contribution in [0.25, 0.3) is 0 Å². The van der Waals surface area contributed by atoms with Gasteiger partial charge in [0.25, 0.3) is 5.91 Å². The average Bonchev–Trinajstić information content (AvgIpc) is 2.53. The van der Waals surface area contributed by atoms with E-state index >= 15 is 0 Å². The molecular weight excluding hydrogens is 252 g/mol. The van der Waals surface area contributed by atoms with Gasteiger partial charge in [0.05, 0.1) is 0 Å². The van der Waals surface area contributed by atoms with Gasteiger partial charge in [0.1, 0.15) is 5.69 Å². The summed E-state index contributed by atoms with van der Waals surface area (Å²) in [7, 11) is 0. The third-order valence-electron chi connectivity index (χ3n) is 3.90. The third kappa shape index (κ3) is 3.55. The number of amides is 1. The summed E-state index contributed by atoms with van der Waals surface area (Å²) >= 11 is 0. The number of nitrogens with two attached hydrogens (primary N) is 1. The van der Waals surface area contributed by atoms with Crippen LogP contribution in [0, 0.1) is 0 Å². The Hall–Kier alpha value is -1.46. The van der Waals surface area contributed by atoms with E-state index in [1.165, 1.54) is 0 Å². The summed E-state index contributed by atoms with van der Waals surface area (Å²) in [5.41, 5.74) is 6.38. The van der Waals surface area contributed by atoms with Gasteiger partial charge >= 0.3 is 0 Å². The number of nitrogens with zero attached hydrogens (tertiary/aromatic N) is 3. The Kier molecular flexibility index (Phi) is 5.49. The zero-order valence-corrected chi connectivity index (χ0v) is 12.2. The minimum absolute atomic E-state index is 0.0324. The number of piperazine rings is 1. The van der Waals surface area contributed by atoms with E-state index < -0.39 is 0 Å². The summed E-state index contributed by atoms with van der Waals surface area (Å²) in [4.78, 5) is 20.7. The zero-order valence-electron chi connectivity index (χ0n) is 12.2. The monoisotopic (exact) mass is 276 g/mol. The van der Waals surface area contributed by atoms with Crippen molar-refractivity contribution in [2.24, 2.45) is 5.73 Å². The molecule has 0 saturated carbocycles. The first kappa shape index (κ1) is 14.9. The first-order valence-electron chi connectivity index (χ1n) is 7.40. The Morgan fingerprint density at radius 3 is 2.65 bits per heavy atom. The summed E-state index contributed by atoms with van der Waals surface area (Å²) in [6.45, 7) is 6.21. The van der Waals surface area contributed by atoms with Gasteiger partial charge in [-0.25, -0.2) is 0 Å². The van der Waals surface area contributed by atoms with E-state index in [2.05, 4.69) is 16.8 Å². The van der Waals surface area contributed by atoms with Crippen molar-refractivity contribution < 1.29 is 4.79 Å². The number of carbonyl (C=O) groups excluding carboxylic acids is 1. The number of carbonyl (C=O) groups is 1. The molecule has 0 aliphatic carbocycles. The van der Waals surface area contributed by atoms with E-state index in [1.807, 2.05) is 17.0 Å². The first-order chi connectivity index (χ1) is 9.76. The summed E-state index contributed by atoms with van der Waals surface area (Å²) in [5, 5.41) is 0. The molecule has 1 fully saturated rings. The van der Waals surface area contributed by atoms with Crippen LogP contribution in [-0.4, -0.2) is 59.5 Å². The van der Waals surface area contributed by atoms with Gasteiger partial charge in [0.2, 0.25) is 0 Å². The highest BCUT2D eigenvalue weighted by molar-refractivity contribution is 5.92. The van der Waals surface area contributed by atoms with Gasteiger partial charge in [0.15, 0.2) is 0 Å². The SMILES string of the molecule is CCCC(CN)N1CCN(C(=O)c2ccccn2)CC1. The fraction of sp³-hybridized carbons (Fsp3) is 0.600. The normalized spacial score (nSPS) is 18.0. The Morgan fingerprint density at radius 2 is 2.10 bits per heavy atom. The van der Waals surface area contributed by atoms with Crippen molar-refractivity contribution in [2.45, 2.75) is 25.8 Å². The molecule has 0 spiro atoms. The molecule has 1 unspecified atom stereocenters. The predicted molar refractivity (Wildman–Crippen MR) is 79.5 cm³/mol. The lowest BCUT2D eigenvalue weighted by Crippen LogP contribution is -2.53. The van der Waals surface area contributed by atoms with Gasteiger partial charge in [-0.15, -0.1) is 0 Å². The van der Waals surface area contributed by atoms with Gasteiger partial charge in [-0.2, -0.15) is 0 Å². The second kappa shape index (κ2) is 7.36. The van der Waals surface area contributed by atoms with Crippen LogP contribution in [0.2, 0.25) is 0 Å². The highest BCUT2D eigenvalue weighted by Gasteiger charge is 2.25. The van der Waals surface area contributed by atoms with E-state index in [1.54, 1.807) is 12.3 Å². The molecular formula is C15H24N4O. The molecule has 5 heteroatoms. The fourth-order valence-electron chi connectivity index (χ4n) is 2.72. The number of hydrogen-bond donors (Lipinski definition) is 1. The maximum atomic E-state index is 12.3. The topological polar surface area (TPSA) is 62.5 Å². The summed E-state index contributed by atoms with van der Waals surface area (Å²) in [5.74, 6) is 0.0324. The second-order valence-electron chi connectivity index (χ2n) is 5.22. The molecule has 2 heterocycles. The predicted octanol–water partition coefficient (Wildman–Crippen LogP) is 0.967. The summed E-state index contributed by atoms with van der Waals surface area (Å²) in [6.07, 6.45) is 3.94. The molecule has 0 radical (unpaired) electrons. The molecule has 0 aromatic carbocycles.